The molecule has 0 spiro atoms. The molecule has 53 heavy (non-hydrogen) atoms. The molecule has 0 radical (unpaired) electrons. The molecule has 2 heterocycles. The molecule has 0 amide bonds. The average Bonchev–Trinajstić information content (AvgIpc) is 3.74. The molecule has 0 aliphatic carbocycles. The zero-order valence-electron chi connectivity index (χ0n) is 29.4. The Bertz CT molecular complexity index is 3180. The van der Waals surface area contributed by atoms with E-state index in [1.54, 1.807) is 0 Å². The Balaban J connectivity index is 1.20. The lowest BCUT2D eigenvalue weighted by Gasteiger charge is -2.11. The molecule has 0 N–H and O–H groups in total. The number of para-hydroxylation sites is 3. The number of aliphatic imine (C=N–C) groups is 1. The first-order valence-corrected chi connectivity index (χ1v) is 18.1. The van der Waals surface area contributed by atoms with Crippen LogP contribution in [-0.4, -0.2) is 15.0 Å². The van der Waals surface area contributed by atoms with Crippen LogP contribution in [0.3, 0.4) is 0 Å². The van der Waals surface area contributed by atoms with Crippen molar-refractivity contribution in [2.24, 2.45) is 4.99 Å². The van der Waals surface area contributed by atoms with Gasteiger partial charge in [0, 0.05) is 38.0 Å². The smallest absolute Gasteiger partial charge is 0.111 e. The van der Waals surface area contributed by atoms with E-state index in [0.29, 0.717) is 0 Å². The second-order valence-corrected chi connectivity index (χ2v) is 13.7. The van der Waals surface area contributed by atoms with Gasteiger partial charge in [0.05, 0.1) is 27.8 Å². The Kier molecular flexibility index (Phi) is 7.19. The van der Waals surface area contributed by atoms with Crippen LogP contribution in [0.15, 0.2) is 187 Å². The van der Waals surface area contributed by atoms with Crippen LogP contribution in [0.5, 0.6) is 0 Å². The van der Waals surface area contributed by atoms with E-state index in [9.17, 15) is 0 Å². The maximum atomic E-state index is 5.40. The highest BCUT2D eigenvalue weighted by molar-refractivity contribution is 6.24. The highest BCUT2D eigenvalue weighted by Crippen LogP contribution is 2.39. The number of hydrogen-bond donors (Lipinski definition) is 0. The summed E-state index contributed by atoms with van der Waals surface area (Å²) in [7, 11) is 0. The van der Waals surface area contributed by atoms with Gasteiger partial charge in [0.15, 0.2) is 0 Å². The van der Waals surface area contributed by atoms with Crippen molar-refractivity contribution in [2.45, 2.75) is 6.92 Å². The first-order chi connectivity index (χ1) is 26.1. The largest absolute Gasteiger partial charge is 0.309 e. The second kappa shape index (κ2) is 12.4. The van der Waals surface area contributed by atoms with Crippen molar-refractivity contribution in [3.63, 3.8) is 0 Å². The monoisotopic (exact) mass is 677 g/mol. The first kappa shape index (κ1) is 30.8. The molecule has 3 heteroatoms. The Hall–Kier alpha value is -6.97. The van der Waals surface area contributed by atoms with Crippen LogP contribution >= 0.6 is 0 Å². The van der Waals surface area contributed by atoms with E-state index < -0.39 is 0 Å². The van der Waals surface area contributed by atoms with Crippen molar-refractivity contribution in [2.75, 3.05) is 0 Å². The Labute approximate surface area is 307 Å². The van der Waals surface area contributed by atoms with Crippen molar-refractivity contribution in [1.29, 1.82) is 0 Å². The highest BCUT2D eigenvalue weighted by atomic mass is 15.1. The zero-order valence-corrected chi connectivity index (χ0v) is 29.4. The third kappa shape index (κ3) is 5.01. The van der Waals surface area contributed by atoms with Gasteiger partial charge in [-0.15, -0.1) is 0 Å². The minimum Gasteiger partial charge on any atom is -0.309 e. The Morgan fingerprint density at radius 1 is 0.491 bits per heavy atom. The average molecular weight is 678 g/mol. The Morgan fingerprint density at radius 3 is 1.92 bits per heavy atom. The van der Waals surface area contributed by atoms with Crippen LogP contribution < -0.4 is 10.4 Å². The molecule has 0 aliphatic rings. The van der Waals surface area contributed by atoms with E-state index in [1.165, 1.54) is 54.5 Å². The number of hydrogen-bond acceptors (Lipinski definition) is 1. The summed E-state index contributed by atoms with van der Waals surface area (Å²) in [6.45, 7) is 6.47. The van der Waals surface area contributed by atoms with Crippen molar-refractivity contribution in [3.8, 4) is 16.8 Å². The van der Waals surface area contributed by atoms with E-state index >= 15 is 0 Å². The van der Waals surface area contributed by atoms with Crippen LogP contribution in [0, 0.1) is 0 Å². The first-order valence-electron chi connectivity index (χ1n) is 18.1. The maximum Gasteiger partial charge on any atom is 0.111 e. The molecule has 10 aromatic rings. The van der Waals surface area contributed by atoms with Gasteiger partial charge in [0.1, 0.15) is 5.84 Å². The predicted molar refractivity (Wildman–Crippen MR) is 225 cm³/mol. The van der Waals surface area contributed by atoms with E-state index in [1.807, 2.05) is 18.2 Å². The van der Waals surface area contributed by atoms with Crippen molar-refractivity contribution in [3.05, 3.63) is 198 Å². The topological polar surface area (TPSA) is 22.2 Å². The van der Waals surface area contributed by atoms with Crippen LogP contribution in [0.2, 0.25) is 0 Å². The minimum absolute atomic E-state index is 0.896. The van der Waals surface area contributed by atoms with Crippen LogP contribution in [0.1, 0.15) is 12.5 Å². The summed E-state index contributed by atoms with van der Waals surface area (Å²) in [5, 5.41) is 9.36. The van der Waals surface area contributed by atoms with Crippen LogP contribution in [0.4, 0.5) is 0 Å². The molecule has 0 aliphatic heterocycles. The summed E-state index contributed by atoms with van der Waals surface area (Å²) in [6, 6.07) is 65.0. The van der Waals surface area contributed by atoms with E-state index in [0.717, 1.165) is 44.3 Å². The van der Waals surface area contributed by atoms with Gasteiger partial charge in [-0.25, -0.2) is 4.99 Å². The molecule has 0 unspecified atom stereocenters. The predicted octanol–water partition coefficient (Wildman–Crippen LogP) is 11.2. The fraction of sp³-hybridized carbons (Fsp3) is 0.0200. The highest BCUT2D eigenvalue weighted by Gasteiger charge is 2.17. The lowest BCUT2D eigenvalue weighted by molar-refractivity contribution is 1.18. The second-order valence-electron chi connectivity index (χ2n) is 13.7. The molecule has 2 aromatic heterocycles. The molecule has 0 fully saturated rings. The van der Waals surface area contributed by atoms with Gasteiger partial charge in [-0.2, -0.15) is 0 Å². The van der Waals surface area contributed by atoms with E-state index in [2.05, 4.69) is 186 Å². The SMILES string of the molecule is C=c1cccc/c1=C(/N=C(C)n1c2ccccc2c2c3cc(-c4ccc5c6ccccc6n(-c6ccccc6)c5c4)ccc3ccc21)c1ccccc1. The third-order valence-electron chi connectivity index (χ3n) is 10.6. The van der Waals surface area contributed by atoms with Gasteiger partial charge in [-0.3, -0.25) is 4.57 Å². The van der Waals surface area contributed by atoms with Gasteiger partial charge in [-0.1, -0.05) is 146 Å². The van der Waals surface area contributed by atoms with Crippen LogP contribution in [0.25, 0.3) is 83.5 Å². The summed E-state index contributed by atoms with van der Waals surface area (Å²) < 4.78 is 4.70. The quantitative estimate of drug-likeness (QED) is 0.131. The van der Waals surface area contributed by atoms with Crippen LogP contribution in [-0.2, 0) is 0 Å². The maximum absolute atomic E-state index is 5.40. The molecule has 10 rings (SSSR count). The molecule has 0 saturated carbocycles. The van der Waals surface area contributed by atoms with Gasteiger partial charge in [0.25, 0.3) is 0 Å². The fourth-order valence-electron chi connectivity index (χ4n) is 8.16. The zero-order chi connectivity index (χ0) is 35.5. The van der Waals surface area contributed by atoms with Gasteiger partial charge >= 0.3 is 0 Å². The molecule has 250 valence electrons. The summed E-state index contributed by atoms with van der Waals surface area (Å²) in [6.07, 6.45) is 0. The molecular formula is C50H35N3. The number of rotatable bonds is 4. The Morgan fingerprint density at radius 2 is 1.11 bits per heavy atom. The number of fused-ring (bicyclic) bond motifs is 8. The van der Waals surface area contributed by atoms with Gasteiger partial charge < -0.3 is 4.57 Å². The standard InChI is InChI=1S/C50H35N3/c1-33-15-9-10-20-40(33)50(36-16-5-3-6-17-36)51-34(2)52-46-24-14-12-22-43(46)49-44-31-37(26-25-35(44)28-30-47(49)52)38-27-29-42-41-21-11-13-23-45(41)53(48(42)32-38)39-18-7-4-8-19-39/h3-32H,1H2,2H3/b50-40-,51-34?. The lowest BCUT2D eigenvalue weighted by Crippen LogP contribution is -2.25. The van der Waals surface area contributed by atoms with Gasteiger partial charge in [-0.05, 0) is 76.5 Å². The minimum atomic E-state index is 0.896. The third-order valence-corrected chi connectivity index (χ3v) is 10.6. The summed E-state index contributed by atoms with van der Waals surface area (Å²) in [5.74, 6) is 0.896. The van der Waals surface area contributed by atoms with E-state index in [-0.39, 0.29) is 0 Å². The number of nitrogens with zero attached hydrogens (tertiary/aromatic N) is 3. The normalized spacial score (nSPS) is 12.7. The van der Waals surface area contributed by atoms with Crippen molar-refractivity contribution in [1.82, 2.24) is 9.13 Å². The lowest BCUT2D eigenvalue weighted by atomic mass is 9.97. The summed E-state index contributed by atoms with van der Waals surface area (Å²) >= 11 is 0. The summed E-state index contributed by atoms with van der Waals surface area (Å²) in [5.41, 5.74) is 10.2. The van der Waals surface area contributed by atoms with Crippen molar-refractivity contribution >= 4 is 72.5 Å². The summed E-state index contributed by atoms with van der Waals surface area (Å²) in [4.78, 5) is 5.40. The number of benzene rings is 8. The van der Waals surface area contributed by atoms with Gasteiger partial charge in [0.2, 0.25) is 0 Å². The van der Waals surface area contributed by atoms with E-state index in [4.69, 9.17) is 4.99 Å². The molecule has 0 atom stereocenters. The fourth-order valence-corrected chi connectivity index (χ4v) is 8.16. The molecule has 3 nitrogen and oxygen atoms in total. The number of aromatic nitrogens is 2. The molecule has 0 saturated heterocycles. The molecule has 8 aromatic carbocycles. The molecule has 0 bridgehead atoms. The van der Waals surface area contributed by atoms with Crippen molar-refractivity contribution < 1.29 is 0 Å². The molecular weight excluding hydrogens is 643 g/mol.